The van der Waals surface area contributed by atoms with E-state index in [0.717, 1.165) is 19.4 Å². The van der Waals surface area contributed by atoms with Crippen molar-refractivity contribution in [1.29, 1.82) is 0 Å². The van der Waals surface area contributed by atoms with Gasteiger partial charge in [0.15, 0.2) is 0 Å². The lowest BCUT2D eigenvalue weighted by Crippen LogP contribution is -2.21. The lowest BCUT2D eigenvalue weighted by molar-refractivity contribution is -0.120. The van der Waals surface area contributed by atoms with Gasteiger partial charge in [-0.15, -0.1) is 0 Å². The van der Waals surface area contributed by atoms with Crippen LogP contribution in [0.15, 0.2) is 16.8 Å². The van der Waals surface area contributed by atoms with Crippen molar-refractivity contribution in [3.05, 3.63) is 22.4 Å². The molecule has 0 saturated carbocycles. The second-order valence-corrected chi connectivity index (χ2v) is 4.21. The van der Waals surface area contributed by atoms with Crippen LogP contribution in [0.5, 0.6) is 0 Å². The molecule has 2 rings (SSSR count). The summed E-state index contributed by atoms with van der Waals surface area (Å²) < 4.78 is 0. The lowest BCUT2D eigenvalue weighted by Gasteiger charge is -2.10. The summed E-state index contributed by atoms with van der Waals surface area (Å²) in [5.74, 6) is 0.794. The fraction of sp³-hybridized carbons (Fsp3) is 0.500. The highest BCUT2D eigenvalue weighted by Crippen LogP contribution is 2.27. The van der Waals surface area contributed by atoms with Crippen LogP contribution in [-0.4, -0.2) is 12.5 Å². The summed E-state index contributed by atoms with van der Waals surface area (Å²) in [7, 11) is 0. The smallest absolute Gasteiger partial charge is 0.220 e. The molecule has 0 spiro atoms. The van der Waals surface area contributed by atoms with Crippen LogP contribution in [0.3, 0.4) is 0 Å². The van der Waals surface area contributed by atoms with Gasteiger partial charge in [-0.1, -0.05) is 0 Å². The first kappa shape index (κ1) is 8.75. The van der Waals surface area contributed by atoms with E-state index in [-0.39, 0.29) is 5.91 Å². The first-order chi connectivity index (χ1) is 6.36. The highest BCUT2D eigenvalue weighted by atomic mass is 32.1. The lowest BCUT2D eigenvalue weighted by atomic mass is 9.94. The van der Waals surface area contributed by atoms with Gasteiger partial charge in [-0.25, -0.2) is 0 Å². The molecule has 13 heavy (non-hydrogen) atoms. The van der Waals surface area contributed by atoms with Gasteiger partial charge in [0.25, 0.3) is 0 Å². The van der Waals surface area contributed by atoms with Crippen LogP contribution >= 0.6 is 11.3 Å². The molecule has 0 aliphatic carbocycles. The van der Waals surface area contributed by atoms with E-state index in [1.165, 1.54) is 5.56 Å². The fourth-order valence-electron chi connectivity index (χ4n) is 1.76. The zero-order chi connectivity index (χ0) is 9.10. The summed E-state index contributed by atoms with van der Waals surface area (Å²) in [5.41, 5.74) is 1.40. The van der Waals surface area contributed by atoms with E-state index in [1.54, 1.807) is 11.3 Å². The first-order valence-corrected chi connectivity index (χ1v) is 5.59. The highest BCUT2D eigenvalue weighted by molar-refractivity contribution is 7.07. The molecule has 0 bridgehead atoms. The van der Waals surface area contributed by atoms with Crippen molar-refractivity contribution >= 4 is 17.2 Å². The van der Waals surface area contributed by atoms with Gasteiger partial charge in [0, 0.05) is 13.0 Å². The topological polar surface area (TPSA) is 29.1 Å². The molecule has 1 unspecified atom stereocenters. The summed E-state index contributed by atoms with van der Waals surface area (Å²) in [6, 6.07) is 2.17. The third-order valence-electron chi connectivity index (χ3n) is 2.55. The Kier molecular flexibility index (Phi) is 2.64. The van der Waals surface area contributed by atoms with Crippen LogP contribution in [0.1, 0.15) is 30.7 Å². The highest BCUT2D eigenvalue weighted by Gasteiger charge is 2.17. The Morgan fingerprint density at radius 1 is 1.46 bits per heavy atom. The average Bonchev–Trinajstić information content (AvgIpc) is 2.56. The van der Waals surface area contributed by atoms with Gasteiger partial charge in [-0.2, -0.15) is 11.3 Å². The molecule has 0 radical (unpaired) electrons. The predicted molar refractivity (Wildman–Crippen MR) is 53.9 cm³/mol. The molecule has 0 aromatic carbocycles. The Bertz CT molecular complexity index is 281. The minimum Gasteiger partial charge on any atom is -0.356 e. The SMILES string of the molecule is O=C1CCC(c2ccsc2)CCN1. The van der Waals surface area contributed by atoms with Crippen LogP contribution in [0.4, 0.5) is 0 Å². The summed E-state index contributed by atoms with van der Waals surface area (Å²) in [6.45, 7) is 0.833. The molecule has 1 aliphatic heterocycles. The summed E-state index contributed by atoms with van der Waals surface area (Å²) in [4.78, 5) is 11.1. The van der Waals surface area contributed by atoms with Crippen molar-refractivity contribution in [2.45, 2.75) is 25.2 Å². The van der Waals surface area contributed by atoms with Gasteiger partial charge >= 0.3 is 0 Å². The number of carbonyl (C=O) groups excluding carboxylic acids is 1. The quantitative estimate of drug-likeness (QED) is 0.730. The van der Waals surface area contributed by atoms with E-state index >= 15 is 0 Å². The van der Waals surface area contributed by atoms with Crippen molar-refractivity contribution < 1.29 is 4.79 Å². The van der Waals surface area contributed by atoms with Crippen molar-refractivity contribution in [2.75, 3.05) is 6.54 Å². The van der Waals surface area contributed by atoms with Gasteiger partial charge in [0.1, 0.15) is 0 Å². The normalized spacial score (nSPS) is 23.7. The molecule has 1 atom stereocenters. The molecule has 1 aliphatic rings. The van der Waals surface area contributed by atoms with E-state index < -0.39 is 0 Å². The molecule has 1 aromatic rings. The largest absolute Gasteiger partial charge is 0.356 e. The second-order valence-electron chi connectivity index (χ2n) is 3.43. The van der Waals surface area contributed by atoms with E-state index in [0.29, 0.717) is 12.3 Å². The Morgan fingerprint density at radius 2 is 2.38 bits per heavy atom. The van der Waals surface area contributed by atoms with Crippen LogP contribution < -0.4 is 5.32 Å². The molecule has 1 N–H and O–H groups in total. The molecule has 2 nitrogen and oxygen atoms in total. The second kappa shape index (κ2) is 3.92. The Balaban J connectivity index is 2.04. The first-order valence-electron chi connectivity index (χ1n) is 4.65. The average molecular weight is 195 g/mol. The maximum Gasteiger partial charge on any atom is 0.220 e. The van der Waals surface area contributed by atoms with Gasteiger partial charge in [0.2, 0.25) is 5.91 Å². The van der Waals surface area contributed by atoms with Crippen LogP contribution in [0.25, 0.3) is 0 Å². The zero-order valence-electron chi connectivity index (χ0n) is 7.45. The Hall–Kier alpha value is -0.830. The van der Waals surface area contributed by atoms with Crippen molar-refractivity contribution in [2.24, 2.45) is 0 Å². The Morgan fingerprint density at radius 3 is 3.15 bits per heavy atom. The van der Waals surface area contributed by atoms with E-state index in [4.69, 9.17) is 0 Å². The Labute approximate surface area is 82.0 Å². The summed E-state index contributed by atoms with van der Waals surface area (Å²) in [6.07, 6.45) is 2.77. The number of hydrogen-bond donors (Lipinski definition) is 1. The number of carbonyl (C=O) groups is 1. The van der Waals surface area contributed by atoms with E-state index in [2.05, 4.69) is 22.1 Å². The zero-order valence-corrected chi connectivity index (χ0v) is 8.27. The fourth-order valence-corrected chi connectivity index (χ4v) is 2.51. The van der Waals surface area contributed by atoms with Gasteiger partial charge in [-0.05, 0) is 41.1 Å². The van der Waals surface area contributed by atoms with Gasteiger partial charge in [0.05, 0.1) is 0 Å². The number of nitrogens with one attached hydrogen (secondary N) is 1. The standard InChI is InChI=1S/C10H13NOS/c12-10-2-1-8(3-5-11-10)9-4-6-13-7-9/h4,6-8H,1-3,5H2,(H,11,12). The molecule has 2 heterocycles. The van der Waals surface area contributed by atoms with Gasteiger partial charge < -0.3 is 5.32 Å². The van der Waals surface area contributed by atoms with Crippen LogP contribution in [0, 0.1) is 0 Å². The molecule has 3 heteroatoms. The van der Waals surface area contributed by atoms with Crippen LogP contribution in [0.2, 0.25) is 0 Å². The number of thiophene rings is 1. The van der Waals surface area contributed by atoms with E-state index in [9.17, 15) is 4.79 Å². The number of amides is 1. The van der Waals surface area contributed by atoms with Gasteiger partial charge in [-0.3, -0.25) is 4.79 Å². The van der Waals surface area contributed by atoms with E-state index in [1.807, 2.05) is 0 Å². The molecular formula is C10H13NOS. The molecule has 70 valence electrons. The molecular weight excluding hydrogens is 182 g/mol. The third-order valence-corrected chi connectivity index (χ3v) is 3.25. The van der Waals surface area contributed by atoms with Crippen molar-refractivity contribution in [3.63, 3.8) is 0 Å². The molecule has 1 aromatic heterocycles. The minimum atomic E-state index is 0.206. The maximum absolute atomic E-state index is 11.1. The van der Waals surface area contributed by atoms with Crippen LogP contribution in [-0.2, 0) is 4.79 Å². The predicted octanol–water partition coefficient (Wildman–Crippen LogP) is 2.13. The number of rotatable bonds is 1. The maximum atomic E-state index is 11.1. The summed E-state index contributed by atoms with van der Waals surface area (Å²) >= 11 is 1.74. The van der Waals surface area contributed by atoms with Crippen molar-refractivity contribution in [1.82, 2.24) is 5.32 Å². The molecule has 1 amide bonds. The molecule has 1 fully saturated rings. The molecule has 1 saturated heterocycles. The minimum absolute atomic E-state index is 0.206. The third kappa shape index (κ3) is 2.10. The van der Waals surface area contributed by atoms with Crippen molar-refractivity contribution in [3.8, 4) is 0 Å². The number of hydrogen-bond acceptors (Lipinski definition) is 2. The summed E-state index contributed by atoms with van der Waals surface area (Å²) in [5, 5.41) is 7.20. The monoisotopic (exact) mass is 195 g/mol.